The molecule has 0 saturated carbocycles. The van der Waals surface area contributed by atoms with Crippen molar-refractivity contribution < 1.29 is 24.3 Å². The van der Waals surface area contributed by atoms with Crippen molar-refractivity contribution in [3.05, 3.63) is 99.1 Å². The number of phenolic OH excluding ortho intramolecular Hbond substituents is 1. The fourth-order valence-electron chi connectivity index (χ4n) is 6.47. The second-order valence-electron chi connectivity index (χ2n) is 10.2. The molecule has 0 spiro atoms. The molecule has 0 radical (unpaired) electrons. The van der Waals surface area contributed by atoms with Crippen molar-refractivity contribution in [1.29, 1.82) is 0 Å². The molecule has 0 unspecified atom stereocenters. The molecule has 186 valence electrons. The predicted octanol–water partition coefficient (Wildman–Crippen LogP) is 4.68. The number of aromatic hydroxyl groups is 1. The zero-order valence-electron chi connectivity index (χ0n) is 20.1. The van der Waals surface area contributed by atoms with E-state index < -0.39 is 23.7 Å². The lowest BCUT2D eigenvalue weighted by Gasteiger charge is -2.42. The lowest BCUT2D eigenvalue weighted by Crippen LogP contribution is -2.39. The minimum atomic E-state index is -0.630. The maximum absolute atomic E-state index is 13.8. The van der Waals surface area contributed by atoms with Crippen molar-refractivity contribution in [1.82, 2.24) is 4.90 Å². The smallest absolute Gasteiger partial charge is 0.234 e. The van der Waals surface area contributed by atoms with Crippen LogP contribution in [-0.2, 0) is 25.7 Å². The molecule has 1 fully saturated rings. The fourth-order valence-corrected chi connectivity index (χ4v) is 6.76. The summed E-state index contributed by atoms with van der Waals surface area (Å²) < 4.78 is 0. The molecule has 2 aromatic rings. The molecular weight excluding hydrogens is 490 g/mol. The van der Waals surface area contributed by atoms with Crippen LogP contribution >= 0.6 is 11.6 Å². The number of allylic oxidation sites excluding steroid dienone is 6. The van der Waals surface area contributed by atoms with Gasteiger partial charge in [-0.3, -0.25) is 24.1 Å². The summed E-state index contributed by atoms with van der Waals surface area (Å²) in [4.78, 5) is 55.1. The highest BCUT2D eigenvalue weighted by Crippen LogP contribution is 2.56. The fraction of sp³-hybridized carbons (Fsp3) is 0.267. The largest absolute Gasteiger partial charge is 0.508 e. The number of phenols is 1. The van der Waals surface area contributed by atoms with Gasteiger partial charge in [-0.25, -0.2) is 0 Å². The van der Waals surface area contributed by atoms with Crippen molar-refractivity contribution in [3.8, 4) is 5.75 Å². The monoisotopic (exact) mass is 513 g/mol. The van der Waals surface area contributed by atoms with Crippen LogP contribution in [-0.4, -0.2) is 33.4 Å². The Morgan fingerprint density at radius 3 is 2.49 bits per heavy atom. The van der Waals surface area contributed by atoms with Gasteiger partial charge in [0.2, 0.25) is 11.8 Å². The van der Waals surface area contributed by atoms with E-state index in [2.05, 4.69) is 0 Å². The Kier molecular flexibility index (Phi) is 5.53. The summed E-state index contributed by atoms with van der Waals surface area (Å²) in [6, 6.07) is 14.0. The number of carbonyl (C=O) groups excluding carboxylic acids is 4. The third kappa shape index (κ3) is 3.62. The maximum Gasteiger partial charge on any atom is 0.234 e. The van der Waals surface area contributed by atoms with Gasteiger partial charge in [0, 0.05) is 27.7 Å². The number of nitrogens with zero attached hydrogens (tertiary/aromatic N) is 1. The maximum atomic E-state index is 13.8. The Morgan fingerprint density at radius 1 is 1.00 bits per heavy atom. The Balaban J connectivity index is 1.46. The van der Waals surface area contributed by atoms with Crippen LogP contribution in [0.15, 0.2) is 83.0 Å². The lowest BCUT2D eigenvalue weighted by atomic mass is 9.59. The Morgan fingerprint density at radius 2 is 1.76 bits per heavy atom. The first-order valence-corrected chi connectivity index (χ1v) is 12.7. The topological polar surface area (TPSA) is 91.8 Å². The first-order chi connectivity index (χ1) is 17.8. The van der Waals surface area contributed by atoms with Gasteiger partial charge in [0.05, 0.1) is 18.4 Å². The second kappa shape index (κ2) is 8.67. The first-order valence-electron chi connectivity index (χ1n) is 12.3. The van der Waals surface area contributed by atoms with Gasteiger partial charge < -0.3 is 5.11 Å². The molecule has 6 nitrogen and oxygen atoms in total. The van der Waals surface area contributed by atoms with E-state index in [1.54, 1.807) is 13.0 Å². The van der Waals surface area contributed by atoms with Crippen LogP contribution in [0, 0.1) is 17.8 Å². The van der Waals surface area contributed by atoms with E-state index in [4.69, 9.17) is 11.6 Å². The highest BCUT2D eigenvalue weighted by molar-refractivity contribution is 6.32. The van der Waals surface area contributed by atoms with E-state index in [0.717, 1.165) is 11.1 Å². The molecule has 2 amide bonds. The summed E-state index contributed by atoms with van der Waals surface area (Å²) >= 11 is 6.56. The minimum absolute atomic E-state index is 0.0112. The molecule has 2 aromatic carbocycles. The number of hydrogen-bond donors (Lipinski definition) is 1. The van der Waals surface area contributed by atoms with Gasteiger partial charge in [0.15, 0.2) is 11.6 Å². The minimum Gasteiger partial charge on any atom is -0.508 e. The molecule has 37 heavy (non-hydrogen) atoms. The molecule has 7 heteroatoms. The van der Waals surface area contributed by atoms with Crippen LogP contribution in [0.4, 0.5) is 0 Å². The molecule has 3 aliphatic carbocycles. The molecule has 4 atom stereocenters. The van der Waals surface area contributed by atoms with E-state index in [0.29, 0.717) is 28.7 Å². The molecule has 0 bridgehead atoms. The van der Waals surface area contributed by atoms with E-state index in [1.807, 2.05) is 36.4 Å². The summed E-state index contributed by atoms with van der Waals surface area (Å²) in [6.07, 6.45) is 3.92. The highest BCUT2D eigenvalue weighted by atomic mass is 35.5. The molecule has 1 aliphatic heterocycles. The molecule has 4 aliphatic rings. The number of rotatable bonds is 3. The predicted molar refractivity (Wildman–Crippen MR) is 136 cm³/mol. The number of carbonyl (C=O) groups is 4. The molecular formula is C30H24ClNO5. The van der Waals surface area contributed by atoms with Gasteiger partial charge in [-0.05, 0) is 55.0 Å². The lowest BCUT2D eigenvalue weighted by molar-refractivity contribution is -0.140. The van der Waals surface area contributed by atoms with Crippen molar-refractivity contribution in [3.63, 3.8) is 0 Å². The van der Waals surface area contributed by atoms with E-state index in [1.165, 1.54) is 23.1 Å². The summed E-state index contributed by atoms with van der Waals surface area (Å²) in [5.74, 6) is -3.07. The summed E-state index contributed by atoms with van der Waals surface area (Å²) in [5.41, 5.74) is 3.43. The number of benzene rings is 2. The molecule has 6 rings (SSSR count). The van der Waals surface area contributed by atoms with Gasteiger partial charge in [0.1, 0.15) is 5.75 Å². The number of fused-ring (bicyclic) bond motifs is 3. The normalized spacial score (nSPS) is 27.0. The molecule has 0 aromatic heterocycles. The zero-order valence-corrected chi connectivity index (χ0v) is 20.9. The van der Waals surface area contributed by atoms with Crippen molar-refractivity contribution in [2.75, 3.05) is 0 Å². The van der Waals surface area contributed by atoms with Crippen LogP contribution in [0.25, 0.3) is 0 Å². The van der Waals surface area contributed by atoms with Gasteiger partial charge in [-0.15, -0.1) is 0 Å². The number of amides is 2. The Hall–Kier alpha value is -3.77. The van der Waals surface area contributed by atoms with Crippen LogP contribution in [0.3, 0.4) is 0 Å². The van der Waals surface area contributed by atoms with Gasteiger partial charge in [-0.2, -0.15) is 0 Å². The number of likely N-dealkylation sites (tertiary alicyclic amines) is 1. The van der Waals surface area contributed by atoms with Crippen LogP contribution in [0.2, 0.25) is 5.02 Å². The third-order valence-electron chi connectivity index (χ3n) is 8.13. The Labute approximate surface area is 218 Å². The quantitative estimate of drug-likeness (QED) is 0.365. The number of halogens is 1. The van der Waals surface area contributed by atoms with Gasteiger partial charge >= 0.3 is 0 Å². The van der Waals surface area contributed by atoms with Crippen LogP contribution < -0.4 is 0 Å². The van der Waals surface area contributed by atoms with Gasteiger partial charge in [-0.1, -0.05) is 59.6 Å². The SMILES string of the molecule is CC1=CC(=O)C2=C(C[C@@H]3C(=CC[C@@H]4C(=O)N(Cc5ccccc5)C(=O)[C@@H]43)[C@@H]2c2ccc(O)cc2Cl)C1=O. The van der Waals surface area contributed by atoms with E-state index in [-0.39, 0.29) is 47.1 Å². The summed E-state index contributed by atoms with van der Waals surface area (Å²) in [6.45, 7) is 1.82. The molecule has 1 saturated heterocycles. The van der Waals surface area contributed by atoms with Crippen LogP contribution in [0.5, 0.6) is 5.75 Å². The van der Waals surface area contributed by atoms with E-state index in [9.17, 15) is 24.3 Å². The Bertz CT molecular complexity index is 1480. The summed E-state index contributed by atoms with van der Waals surface area (Å²) in [5, 5.41) is 10.2. The van der Waals surface area contributed by atoms with E-state index >= 15 is 0 Å². The molecule has 1 heterocycles. The van der Waals surface area contributed by atoms with Crippen molar-refractivity contribution in [2.24, 2.45) is 17.8 Å². The zero-order chi connectivity index (χ0) is 26.0. The number of hydrogen-bond acceptors (Lipinski definition) is 5. The summed E-state index contributed by atoms with van der Waals surface area (Å²) in [7, 11) is 0. The average molecular weight is 514 g/mol. The number of Topliss-reactive ketones (excluding diaryl/α,β-unsaturated/α-hetero) is 1. The highest BCUT2D eigenvalue weighted by Gasteiger charge is 2.56. The van der Waals surface area contributed by atoms with Crippen molar-refractivity contribution in [2.45, 2.75) is 32.2 Å². The number of imide groups is 1. The molecule has 1 N–H and O–H groups in total. The second-order valence-corrected chi connectivity index (χ2v) is 10.6. The standard InChI is InChI=1S/C30H24ClNO5/c1-15-11-24(34)27-22(28(15)35)13-21-18(25(27)19-8-7-17(33)12-23(19)31)9-10-20-26(21)30(37)32(29(20)36)14-16-5-3-2-4-6-16/h2-9,11-12,20-21,25-26,33H,10,13-14H2,1H3/t20-,21+,25+,26-/m0/s1. The van der Waals surface area contributed by atoms with Crippen molar-refractivity contribution >= 4 is 35.0 Å². The van der Waals surface area contributed by atoms with Crippen LogP contribution in [0.1, 0.15) is 36.8 Å². The van der Waals surface area contributed by atoms with Gasteiger partial charge in [0.25, 0.3) is 0 Å². The third-order valence-corrected chi connectivity index (χ3v) is 8.46. The number of ketones is 2. The first kappa shape index (κ1) is 23.6. The average Bonchev–Trinajstić information content (AvgIpc) is 3.12.